The van der Waals surface area contributed by atoms with E-state index in [0.29, 0.717) is 0 Å². The molecule has 0 fully saturated rings. The summed E-state index contributed by atoms with van der Waals surface area (Å²) in [4.78, 5) is 0. The molecule has 3 aromatic heterocycles. The minimum absolute atomic E-state index is 0. The molecule has 12 aromatic rings. The van der Waals surface area contributed by atoms with Gasteiger partial charge in [0.1, 0.15) is 0 Å². The third-order valence-corrected chi connectivity index (χ3v) is 11.8. The standard InChI is InChI=1S/C54H35N3.CH4/c1-4-14-40(15-5-1)55-49-22-12-10-20-43(49)45-32-36(24-28-51(45)55)38-26-30-53-47(34-38)48-35-39(27-31-54(48)57(53)42-18-8-3-9-19-42)37-25-29-52-46(33-37)44-21-11-13-23-50(44)56(52)41-16-6-2-7-17-41;/h1-35H;1H4. The quantitative estimate of drug-likeness (QED) is 0.167. The molecule has 12 rings (SSSR count). The summed E-state index contributed by atoms with van der Waals surface area (Å²) in [6.45, 7) is 0. The van der Waals surface area contributed by atoms with Gasteiger partial charge in [-0.2, -0.15) is 0 Å². The van der Waals surface area contributed by atoms with Gasteiger partial charge in [-0.3, -0.25) is 0 Å². The average molecular weight is 742 g/mol. The smallest absolute Gasteiger partial charge is 0.0541 e. The van der Waals surface area contributed by atoms with Crippen LogP contribution in [0.1, 0.15) is 7.43 Å². The minimum Gasteiger partial charge on any atom is -0.309 e. The van der Waals surface area contributed by atoms with Gasteiger partial charge in [0.15, 0.2) is 0 Å². The first-order valence-corrected chi connectivity index (χ1v) is 19.6. The lowest BCUT2D eigenvalue weighted by molar-refractivity contribution is 1.18. The highest BCUT2D eigenvalue weighted by Crippen LogP contribution is 2.41. The van der Waals surface area contributed by atoms with Crippen molar-refractivity contribution in [3.8, 4) is 39.3 Å². The molecule has 0 unspecified atom stereocenters. The van der Waals surface area contributed by atoms with Crippen LogP contribution in [0.2, 0.25) is 0 Å². The molecule has 0 aliphatic rings. The molecule has 274 valence electrons. The zero-order valence-corrected chi connectivity index (χ0v) is 31.0. The Morgan fingerprint density at radius 1 is 0.207 bits per heavy atom. The third kappa shape index (κ3) is 5.07. The fraction of sp³-hybridized carbons (Fsp3) is 0.0182. The highest BCUT2D eigenvalue weighted by atomic mass is 15.0. The summed E-state index contributed by atoms with van der Waals surface area (Å²) in [6, 6.07) is 77.4. The molecule has 0 atom stereocenters. The monoisotopic (exact) mass is 741 g/mol. The summed E-state index contributed by atoms with van der Waals surface area (Å²) >= 11 is 0. The molecule has 0 aliphatic heterocycles. The number of benzene rings is 9. The Hall–Kier alpha value is -7.62. The number of nitrogens with zero attached hydrogens (tertiary/aromatic N) is 3. The van der Waals surface area contributed by atoms with Crippen LogP contribution in [-0.2, 0) is 0 Å². The molecule has 0 radical (unpaired) electrons. The van der Waals surface area contributed by atoms with Gasteiger partial charge in [-0.15, -0.1) is 0 Å². The first-order valence-electron chi connectivity index (χ1n) is 19.6. The normalized spacial score (nSPS) is 11.7. The van der Waals surface area contributed by atoms with Gasteiger partial charge < -0.3 is 13.7 Å². The lowest BCUT2D eigenvalue weighted by Gasteiger charge is -2.09. The molecule has 0 amide bonds. The van der Waals surface area contributed by atoms with E-state index in [4.69, 9.17) is 0 Å². The number of rotatable bonds is 5. The Bertz CT molecular complexity index is 3280. The van der Waals surface area contributed by atoms with Crippen LogP contribution in [0.25, 0.3) is 105 Å². The van der Waals surface area contributed by atoms with E-state index in [-0.39, 0.29) is 7.43 Å². The van der Waals surface area contributed by atoms with E-state index in [1.165, 1.54) is 99.0 Å². The van der Waals surface area contributed by atoms with Crippen molar-refractivity contribution < 1.29 is 0 Å². The van der Waals surface area contributed by atoms with E-state index in [2.05, 4.69) is 226 Å². The maximum atomic E-state index is 2.41. The lowest BCUT2D eigenvalue weighted by atomic mass is 9.98. The molecule has 3 nitrogen and oxygen atoms in total. The van der Waals surface area contributed by atoms with Crippen molar-refractivity contribution in [2.24, 2.45) is 0 Å². The van der Waals surface area contributed by atoms with Crippen LogP contribution in [-0.4, -0.2) is 13.7 Å². The topological polar surface area (TPSA) is 14.8 Å². The maximum Gasteiger partial charge on any atom is 0.0541 e. The second-order valence-electron chi connectivity index (χ2n) is 15.0. The van der Waals surface area contributed by atoms with E-state index in [9.17, 15) is 0 Å². The molecule has 0 bridgehead atoms. The Morgan fingerprint density at radius 2 is 0.448 bits per heavy atom. The number of para-hydroxylation sites is 5. The number of hydrogen-bond donors (Lipinski definition) is 0. The van der Waals surface area contributed by atoms with Crippen LogP contribution in [0.3, 0.4) is 0 Å². The van der Waals surface area contributed by atoms with Gasteiger partial charge in [-0.05, 0) is 119 Å². The van der Waals surface area contributed by atoms with Crippen molar-refractivity contribution >= 4 is 65.4 Å². The van der Waals surface area contributed by atoms with E-state index < -0.39 is 0 Å². The fourth-order valence-electron chi connectivity index (χ4n) is 9.25. The number of aromatic nitrogens is 3. The number of fused-ring (bicyclic) bond motifs is 9. The molecular formula is C55H39N3. The summed E-state index contributed by atoms with van der Waals surface area (Å²) in [5, 5.41) is 7.50. The second-order valence-corrected chi connectivity index (χ2v) is 15.0. The molecule has 0 saturated heterocycles. The summed E-state index contributed by atoms with van der Waals surface area (Å²) < 4.78 is 7.17. The highest BCUT2D eigenvalue weighted by Gasteiger charge is 2.18. The highest BCUT2D eigenvalue weighted by molar-refractivity contribution is 6.14. The van der Waals surface area contributed by atoms with Crippen LogP contribution in [0, 0.1) is 0 Å². The minimum atomic E-state index is 0. The average Bonchev–Trinajstić information content (AvgIpc) is 3.92. The van der Waals surface area contributed by atoms with Crippen molar-refractivity contribution in [1.29, 1.82) is 0 Å². The predicted octanol–water partition coefficient (Wildman–Crippen LogP) is 14.9. The van der Waals surface area contributed by atoms with E-state index in [1.807, 2.05) is 0 Å². The van der Waals surface area contributed by atoms with Gasteiger partial charge >= 0.3 is 0 Å². The first kappa shape index (κ1) is 33.7. The van der Waals surface area contributed by atoms with Crippen molar-refractivity contribution in [3.63, 3.8) is 0 Å². The van der Waals surface area contributed by atoms with Crippen LogP contribution in [0.15, 0.2) is 212 Å². The zero-order valence-electron chi connectivity index (χ0n) is 31.0. The van der Waals surface area contributed by atoms with Crippen molar-refractivity contribution in [2.75, 3.05) is 0 Å². The first-order chi connectivity index (χ1) is 28.3. The van der Waals surface area contributed by atoms with Gasteiger partial charge in [-0.1, -0.05) is 123 Å². The molecule has 58 heavy (non-hydrogen) atoms. The van der Waals surface area contributed by atoms with Crippen LogP contribution < -0.4 is 0 Å². The second kappa shape index (κ2) is 13.3. The fourth-order valence-corrected chi connectivity index (χ4v) is 9.25. The van der Waals surface area contributed by atoms with Crippen LogP contribution in [0.5, 0.6) is 0 Å². The van der Waals surface area contributed by atoms with Crippen molar-refractivity contribution in [2.45, 2.75) is 7.43 Å². The summed E-state index contributed by atoms with van der Waals surface area (Å²) in [6.07, 6.45) is 0. The van der Waals surface area contributed by atoms with Gasteiger partial charge in [0, 0.05) is 49.4 Å². The summed E-state index contributed by atoms with van der Waals surface area (Å²) in [5.74, 6) is 0. The molecule has 9 aromatic carbocycles. The Labute approximate surface area is 336 Å². The zero-order chi connectivity index (χ0) is 37.5. The summed E-state index contributed by atoms with van der Waals surface area (Å²) in [7, 11) is 0. The molecule has 3 heteroatoms. The van der Waals surface area contributed by atoms with Crippen molar-refractivity contribution in [1.82, 2.24) is 13.7 Å². The van der Waals surface area contributed by atoms with E-state index >= 15 is 0 Å². The Kier molecular flexibility index (Phi) is 7.70. The van der Waals surface area contributed by atoms with E-state index in [1.54, 1.807) is 0 Å². The lowest BCUT2D eigenvalue weighted by Crippen LogP contribution is -1.93. The Morgan fingerprint density at radius 3 is 0.759 bits per heavy atom. The molecule has 0 aliphatic carbocycles. The third-order valence-electron chi connectivity index (χ3n) is 11.8. The van der Waals surface area contributed by atoms with Crippen LogP contribution in [0.4, 0.5) is 0 Å². The predicted molar refractivity (Wildman–Crippen MR) is 247 cm³/mol. The van der Waals surface area contributed by atoms with Crippen LogP contribution >= 0.6 is 0 Å². The summed E-state index contributed by atoms with van der Waals surface area (Å²) in [5.41, 5.74) is 15.6. The Balaban J connectivity index is 0.00000385. The van der Waals surface area contributed by atoms with Gasteiger partial charge in [-0.25, -0.2) is 0 Å². The number of hydrogen-bond acceptors (Lipinski definition) is 0. The molecule has 0 saturated carbocycles. The van der Waals surface area contributed by atoms with E-state index in [0.717, 1.165) is 5.69 Å². The van der Waals surface area contributed by atoms with Gasteiger partial charge in [0.05, 0.1) is 33.1 Å². The van der Waals surface area contributed by atoms with Gasteiger partial charge in [0.25, 0.3) is 0 Å². The molecule has 0 spiro atoms. The largest absolute Gasteiger partial charge is 0.309 e. The SMILES string of the molecule is C.c1ccc(-n2c3ccccc3c3cc(-c4ccc5c(c4)c4cc(-c6ccc7c(c6)c6ccccc6n7-c6ccccc6)ccc4n5-c4ccccc4)ccc32)cc1. The maximum absolute atomic E-state index is 2.41. The molecular weight excluding hydrogens is 703 g/mol. The molecule has 0 N–H and O–H groups in total. The molecule has 3 heterocycles. The van der Waals surface area contributed by atoms with Gasteiger partial charge in [0.2, 0.25) is 0 Å². The van der Waals surface area contributed by atoms with Crippen molar-refractivity contribution in [3.05, 3.63) is 212 Å².